The highest BCUT2D eigenvalue weighted by Crippen LogP contribution is 2.35. The standard InChI is InChI=1S/C17H12N4OS/c22-13-7-2-1-6-12(13)19-20-17-16(14-8-5-11-23-14)18-15-9-3-4-10-21(15)17/h1-11,22H. The van der Waals surface area contributed by atoms with E-state index in [0.29, 0.717) is 11.5 Å². The van der Waals surface area contributed by atoms with Crippen LogP contribution in [0.4, 0.5) is 11.5 Å². The van der Waals surface area contributed by atoms with E-state index < -0.39 is 0 Å². The van der Waals surface area contributed by atoms with E-state index in [4.69, 9.17) is 0 Å². The van der Waals surface area contributed by atoms with E-state index in [1.165, 1.54) is 0 Å². The summed E-state index contributed by atoms with van der Waals surface area (Å²) in [6.07, 6.45) is 1.90. The molecule has 0 bridgehead atoms. The molecule has 3 aromatic heterocycles. The lowest BCUT2D eigenvalue weighted by molar-refractivity contribution is 0.476. The van der Waals surface area contributed by atoms with Gasteiger partial charge in [0.25, 0.3) is 0 Å². The van der Waals surface area contributed by atoms with Crippen LogP contribution in [0.25, 0.3) is 16.2 Å². The summed E-state index contributed by atoms with van der Waals surface area (Å²) in [4.78, 5) is 5.67. The Labute approximate surface area is 136 Å². The molecule has 0 radical (unpaired) electrons. The number of azo groups is 1. The molecule has 3 heterocycles. The molecule has 0 atom stereocenters. The first kappa shape index (κ1) is 13.7. The van der Waals surface area contributed by atoms with E-state index in [0.717, 1.165) is 16.2 Å². The van der Waals surface area contributed by atoms with Gasteiger partial charge in [-0.25, -0.2) is 4.98 Å². The molecule has 0 aliphatic carbocycles. The number of fused-ring (bicyclic) bond motifs is 1. The zero-order valence-corrected chi connectivity index (χ0v) is 12.8. The first-order chi connectivity index (χ1) is 11.3. The van der Waals surface area contributed by atoms with Gasteiger partial charge in [0.15, 0.2) is 5.82 Å². The molecule has 0 aliphatic heterocycles. The molecule has 0 spiro atoms. The van der Waals surface area contributed by atoms with Gasteiger partial charge in [-0.05, 0) is 35.7 Å². The molecule has 23 heavy (non-hydrogen) atoms. The van der Waals surface area contributed by atoms with Crippen molar-refractivity contribution in [3.05, 3.63) is 66.2 Å². The molecular weight excluding hydrogens is 308 g/mol. The minimum Gasteiger partial charge on any atom is -0.506 e. The highest BCUT2D eigenvalue weighted by molar-refractivity contribution is 7.13. The number of rotatable bonds is 3. The average molecular weight is 320 g/mol. The molecule has 0 unspecified atom stereocenters. The minimum absolute atomic E-state index is 0.0998. The molecular formula is C17H12N4OS. The van der Waals surface area contributed by atoms with Crippen molar-refractivity contribution >= 4 is 28.5 Å². The summed E-state index contributed by atoms with van der Waals surface area (Å²) in [7, 11) is 0. The van der Waals surface area contributed by atoms with Gasteiger partial charge < -0.3 is 5.11 Å². The van der Waals surface area contributed by atoms with Crippen molar-refractivity contribution in [2.45, 2.75) is 0 Å². The number of phenols is 1. The molecule has 0 saturated carbocycles. The molecule has 5 nitrogen and oxygen atoms in total. The maximum absolute atomic E-state index is 9.83. The number of pyridine rings is 1. The largest absolute Gasteiger partial charge is 0.506 e. The molecule has 1 N–H and O–H groups in total. The van der Waals surface area contributed by atoms with Crippen molar-refractivity contribution in [3.8, 4) is 16.3 Å². The smallest absolute Gasteiger partial charge is 0.188 e. The van der Waals surface area contributed by atoms with Crippen LogP contribution >= 0.6 is 11.3 Å². The number of benzene rings is 1. The fraction of sp³-hybridized carbons (Fsp3) is 0. The summed E-state index contributed by atoms with van der Waals surface area (Å²) < 4.78 is 1.89. The zero-order chi connectivity index (χ0) is 15.6. The van der Waals surface area contributed by atoms with E-state index in [1.54, 1.807) is 29.5 Å². The normalized spacial score (nSPS) is 11.5. The topological polar surface area (TPSA) is 62.2 Å². The Kier molecular flexibility index (Phi) is 3.36. The molecule has 0 saturated heterocycles. The lowest BCUT2D eigenvalue weighted by Gasteiger charge is -1.98. The SMILES string of the molecule is Oc1ccccc1N=Nc1c(-c2cccs2)nc2ccccn12. The number of aromatic hydroxyl groups is 1. The molecule has 0 aliphatic rings. The van der Waals surface area contributed by atoms with E-state index in [-0.39, 0.29) is 5.75 Å². The first-order valence-corrected chi connectivity index (χ1v) is 7.91. The van der Waals surface area contributed by atoms with Crippen molar-refractivity contribution in [2.75, 3.05) is 0 Å². The molecule has 4 aromatic rings. The van der Waals surface area contributed by atoms with E-state index in [2.05, 4.69) is 15.2 Å². The van der Waals surface area contributed by atoms with Gasteiger partial charge in [-0.2, -0.15) is 0 Å². The maximum atomic E-state index is 9.83. The van der Waals surface area contributed by atoms with Gasteiger partial charge in [0, 0.05) is 6.20 Å². The third kappa shape index (κ3) is 2.49. The lowest BCUT2D eigenvalue weighted by atomic mass is 10.3. The van der Waals surface area contributed by atoms with Gasteiger partial charge in [0.2, 0.25) is 0 Å². The van der Waals surface area contributed by atoms with Gasteiger partial charge in [-0.15, -0.1) is 21.6 Å². The van der Waals surface area contributed by atoms with Crippen LogP contribution in [0, 0.1) is 0 Å². The Morgan fingerprint density at radius 1 is 0.957 bits per heavy atom. The second-order valence-corrected chi connectivity index (χ2v) is 5.83. The summed E-state index contributed by atoms with van der Waals surface area (Å²) >= 11 is 1.60. The summed E-state index contributed by atoms with van der Waals surface area (Å²) in [5, 5.41) is 20.4. The number of hydrogen-bond acceptors (Lipinski definition) is 5. The molecule has 0 amide bonds. The van der Waals surface area contributed by atoms with E-state index in [9.17, 15) is 5.11 Å². The Morgan fingerprint density at radius 2 is 1.83 bits per heavy atom. The average Bonchev–Trinajstić information content (AvgIpc) is 3.21. The third-order valence-electron chi connectivity index (χ3n) is 3.39. The van der Waals surface area contributed by atoms with Gasteiger partial charge in [-0.3, -0.25) is 4.40 Å². The second-order valence-electron chi connectivity index (χ2n) is 4.88. The summed E-state index contributed by atoms with van der Waals surface area (Å²) in [6.45, 7) is 0. The Bertz CT molecular complexity index is 989. The summed E-state index contributed by atoms with van der Waals surface area (Å²) in [5.41, 5.74) is 2.02. The molecule has 0 fully saturated rings. The Hall–Kier alpha value is -2.99. The highest BCUT2D eigenvalue weighted by Gasteiger charge is 2.14. The molecule has 112 valence electrons. The van der Waals surface area contributed by atoms with Crippen molar-refractivity contribution in [2.24, 2.45) is 10.2 Å². The number of para-hydroxylation sites is 1. The van der Waals surface area contributed by atoms with Crippen LogP contribution < -0.4 is 0 Å². The van der Waals surface area contributed by atoms with Crippen molar-refractivity contribution in [3.63, 3.8) is 0 Å². The Balaban J connectivity index is 1.88. The summed E-state index contributed by atoms with van der Waals surface area (Å²) in [5.74, 6) is 0.744. The number of thiophene rings is 1. The molecule has 4 rings (SSSR count). The quantitative estimate of drug-likeness (QED) is 0.528. The predicted octanol–water partition coefficient (Wildman–Crippen LogP) is 5.18. The molecule has 6 heteroatoms. The van der Waals surface area contributed by atoms with Gasteiger partial charge >= 0.3 is 0 Å². The number of imidazole rings is 1. The third-order valence-corrected chi connectivity index (χ3v) is 4.27. The number of phenolic OH excluding ortho intramolecular Hbond substituents is 1. The lowest BCUT2D eigenvalue weighted by Crippen LogP contribution is -1.80. The second kappa shape index (κ2) is 5.66. The fourth-order valence-corrected chi connectivity index (χ4v) is 3.02. The molecule has 1 aromatic carbocycles. The van der Waals surface area contributed by atoms with Gasteiger partial charge in [0.1, 0.15) is 22.8 Å². The zero-order valence-electron chi connectivity index (χ0n) is 12.0. The Morgan fingerprint density at radius 3 is 2.65 bits per heavy atom. The van der Waals surface area contributed by atoms with Crippen LogP contribution in [-0.2, 0) is 0 Å². The minimum atomic E-state index is 0.0998. The van der Waals surface area contributed by atoms with Crippen molar-refractivity contribution in [1.29, 1.82) is 0 Å². The number of nitrogens with zero attached hydrogens (tertiary/aromatic N) is 4. The van der Waals surface area contributed by atoms with Crippen LogP contribution in [-0.4, -0.2) is 14.5 Å². The van der Waals surface area contributed by atoms with Crippen LogP contribution in [0.1, 0.15) is 0 Å². The fourth-order valence-electron chi connectivity index (χ4n) is 2.31. The number of aromatic nitrogens is 2. The van der Waals surface area contributed by atoms with Gasteiger partial charge in [0.05, 0.1) is 4.88 Å². The van der Waals surface area contributed by atoms with E-state index in [1.807, 2.05) is 52.4 Å². The van der Waals surface area contributed by atoms with Crippen LogP contribution in [0.2, 0.25) is 0 Å². The summed E-state index contributed by atoms with van der Waals surface area (Å²) in [6, 6.07) is 16.6. The monoisotopic (exact) mass is 320 g/mol. The van der Waals surface area contributed by atoms with Crippen molar-refractivity contribution in [1.82, 2.24) is 9.38 Å². The maximum Gasteiger partial charge on any atom is 0.188 e. The van der Waals surface area contributed by atoms with Crippen LogP contribution in [0.3, 0.4) is 0 Å². The highest BCUT2D eigenvalue weighted by atomic mass is 32.1. The van der Waals surface area contributed by atoms with Crippen LogP contribution in [0.5, 0.6) is 5.75 Å². The predicted molar refractivity (Wildman–Crippen MR) is 90.8 cm³/mol. The van der Waals surface area contributed by atoms with E-state index >= 15 is 0 Å². The van der Waals surface area contributed by atoms with Crippen molar-refractivity contribution < 1.29 is 5.11 Å². The van der Waals surface area contributed by atoms with Crippen LogP contribution in [0.15, 0.2) is 76.4 Å². The number of hydrogen-bond donors (Lipinski definition) is 1. The van der Waals surface area contributed by atoms with Gasteiger partial charge in [-0.1, -0.05) is 24.3 Å². The first-order valence-electron chi connectivity index (χ1n) is 7.03.